The lowest BCUT2D eigenvalue weighted by Crippen LogP contribution is -2.56. The zero-order valence-electron chi connectivity index (χ0n) is 10.7. The fourth-order valence-electron chi connectivity index (χ4n) is 2.27. The highest BCUT2D eigenvalue weighted by Crippen LogP contribution is 2.40. The monoisotopic (exact) mass is 245 g/mol. The smallest absolute Gasteiger partial charge is 0.251 e. The van der Waals surface area contributed by atoms with Crippen LogP contribution in [0.3, 0.4) is 0 Å². The predicted molar refractivity (Wildman–Crippen MR) is 62.8 cm³/mol. The Morgan fingerprint density at radius 1 is 1.47 bits per heavy atom. The van der Waals surface area contributed by atoms with E-state index in [1.165, 1.54) is 0 Å². The molecule has 1 aliphatic rings. The van der Waals surface area contributed by atoms with E-state index in [4.69, 9.17) is 0 Å². The molecule has 1 unspecified atom stereocenters. The first-order valence-electron chi connectivity index (χ1n) is 6.05. The van der Waals surface area contributed by atoms with Crippen LogP contribution in [-0.2, 0) is 0 Å². The van der Waals surface area contributed by atoms with E-state index < -0.39 is 12.0 Å². The van der Waals surface area contributed by atoms with Crippen molar-refractivity contribution in [3.8, 4) is 6.07 Å². The second-order valence-corrected chi connectivity index (χ2v) is 5.24. The quantitative estimate of drug-likeness (QED) is 0.744. The SMILES string of the molecule is CC(C)NC(C#N)(CN(C)CC(F)F)C1CC1. The molecule has 0 aromatic rings. The topological polar surface area (TPSA) is 39.1 Å². The molecule has 0 spiro atoms. The Balaban J connectivity index is 2.66. The molecule has 0 aromatic carbocycles. The molecule has 0 saturated heterocycles. The van der Waals surface area contributed by atoms with Gasteiger partial charge in [-0.3, -0.25) is 10.2 Å². The first kappa shape index (κ1) is 14.3. The van der Waals surface area contributed by atoms with Gasteiger partial charge in [-0.1, -0.05) is 0 Å². The number of likely N-dealkylation sites (N-methyl/N-ethyl adjacent to an activating group) is 1. The molecule has 1 atom stereocenters. The van der Waals surface area contributed by atoms with Crippen molar-refractivity contribution < 1.29 is 8.78 Å². The van der Waals surface area contributed by atoms with Crippen molar-refractivity contribution in [3.05, 3.63) is 0 Å². The molecule has 1 rings (SSSR count). The summed E-state index contributed by atoms with van der Waals surface area (Å²) in [5.41, 5.74) is -0.669. The van der Waals surface area contributed by atoms with Crippen LogP contribution in [-0.4, -0.2) is 43.0 Å². The maximum Gasteiger partial charge on any atom is 0.251 e. The van der Waals surface area contributed by atoms with E-state index in [1.807, 2.05) is 13.8 Å². The molecule has 1 saturated carbocycles. The van der Waals surface area contributed by atoms with Gasteiger partial charge in [0.25, 0.3) is 6.43 Å². The number of hydrogen-bond acceptors (Lipinski definition) is 3. The summed E-state index contributed by atoms with van der Waals surface area (Å²) in [6.45, 7) is 4.02. The van der Waals surface area contributed by atoms with Crippen LogP contribution in [0, 0.1) is 17.2 Å². The largest absolute Gasteiger partial charge is 0.298 e. The fourth-order valence-corrected chi connectivity index (χ4v) is 2.27. The van der Waals surface area contributed by atoms with E-state index in [-0.39, 0.29) is 12.6 Å². The molecule has 0 radical (unpaired) electrons. The molecule has 0 aliphatic heterocycles. The minimum atomic E-state index is -2.35. The van der Waals surface area contributed by atoms with E-state index in [0.29, 0.717) is 12.5 Å². The molecular formula is C12H21F2N3. The molecule has 98 valence electrons. The summed E-state index contributed by atoms with van der Waals surface area (Å²) in [6, 6.07) is 2.49. The summed E-state index contributed by atoms with van der Waals surface area (Å²) in [5.74, 6) is 0.301. The molecule has 3 nitrogen and oxygen atoms in total. The second-order valence-electron chi connectivity index (χ2n) is 5.24. The third-order valence-electron chi connectivity index (χ3n) is 2.99. The zero-order valence-corrected chi connectivity index (χ0v) is 10.7. The maximum absolute atomic E-state index is 12.3. The van der Waals surface area contributed by atoms with Crippen molar-refractivity contribution >= 4 is 0 Å². The van der Waals surface area contributed by atoms with Crippen molar-refractivity contribution in [2.75, 3.05) is 20.1 Å². The highest BCUT2D eigenvalue weighted by Gasteiger charge is 2.46. The van der Waals surface area contributed by atoms with Crippen LogP contribution in [0.5, 0.6) is 0 Å². The summed E-state index contributed by atoms with van der Waals surface area (Å²) in [6.07, 6.45) is -0.333. The van der Waals surface area contributed by atoms with Crippen LogP contribution in [0.1, 0.15) is 26.7 Å². The van der Waals surface area contributed by atoms with E-state index in [2.05, 4.69) is 11.4 Å². The predicted octanol–water partition coefficient (Wildman–Crippen LogP) is 1.85. The Bertz CT molecular complexity index is 284. The molecule has 1 fully saturated rings. The van der Waals surface area contributed by atoms with Gasteiger partial charge in [0.15, 0.2) is 0 Å². The van der Waals surface area contributed by atoms with Gasteiger partial charge >= 0.3 is 0 Å². The van der Waals surface area contributed by atoms with Crippen LogP contribution < -0.4 is 5.32 Å². The maximum atomic E-state index is 12.3. The van der Waals surface area contributed by atoms with E-state index in [1.54, 1.807) is 11.9 Å². The van der Waals surface area contributed by atoms with Gasteiger partial charge in [-0.05, 0) is 39.7 Å². The fraction of sp³-hybridized carbons (Fsp3) is 0.917. The summed E-state index contributed by atoms with van der Waals surface area (Å²) in [7, 11) is 1.64. The summed E-state index contributed by atoms with van der Waals surface area (Å²) >= 11 is 0. The molecule has 1 N–H and O–H groups in total. The summed E-state index contributed by atoms with van der Waals surface area (Å²) < 4.78 is 24.6. The lowest BCUT2D eigenvalue weighted by molar-refractivity contribution is 0.0870. The van der Waals surface area contributed by atoms with E-state index in [9.17, 15) is 14.0 Å². The Morgan fingerprint density at radius 2 is 2.06 bits per heavy atom. The van der Waals surface area contributed by atoms with E-state index >= 15 is 0 Å². The third kappa shape index (κ3) is 4.21. The standard InChI is InChI=1S/C12H21F2N3/c1-9(2)16-12(7-15,10-4-5-10)8-17(3)6-11(13)14/h9-11,16H,4-6,8H2,1-3H3. The lowest BCUT2D eigenvalue weighted by Gasteiger charge is -2.34. The number of halogens is 2. The van der Waals surface area contributed by atoms with Gasteiger partial charge in [0.05, 0.1) is 12.6 Å². The molecule has 17 heavy (non-hydrogen) atoms. The molecule has 5 heteroatoms. The summed E-state index contributed by atoms with van der Waals surface area (Å²) in [4.78, 5) is 1.54. The van der Waals surface area contributed by atoms with Gasteiger partial charge in [0, 0.05) is 12.6 Å². The van der Waals surface area contributed by atoms with Crippen LogP contribution in [0.4, 0.5) is 8.78 Å². The van der Waals surface area contributed by atoms with Gasteiger partial charge in [-0.15, -0.1) is 0 Å². The average molecular weight is 245 g/mol. The van der Waals surface area contributed by atoms with Gasteiger partial charge < -0.3 is 0 Å². The van der Waals surface area contributed by atoms with Crippen LogP contribution in [0.2, 0.25) is 0 Å². The number of hydrogen-bond donors (Lipinski definition) is 1. The molecule has 1 aliphatic carbocycles. The normalized spacial score (nSPS) is 19.7. The highest BCUT2D eigenvalue weighted by atomic mass is 19.3. The van der Waals surface area contributed by atoms with Gasteiger partial charge in [-0.2, -0.15) is 5.26 Å². The third-order valence-corrected chi connectivity index (χ3v) is 2.99. The molecule has 0 amide bonds. The van der Waals surface area contributed by atoms with Crippen molar-refractivity contribution in [2.45, 2.75) is 44.7 Å². The van der Waals surface area contributed by atoms with Crippen LogP contribution >= 0.6 is 0 Å². The average Bonchev–Trinajstić information content (AvgIpc) is 2.97. The minimum Gasteiger partial charge on any atom is -0.298 e. The molecular weight excluding hydrogens is 224 g/mol. The zero-order chi connectivity index (χ0) is 13.1. The number of alkyl halides is 2. The van der Waals surface area contributed by atoms with Gasteiger partial charge in [-0.25, -0.2) is 8.78 Å². The Labute approximate surface area is 102 Å². The first-order chi connectivity index (χ1) is 7.89. The van der Waals surface area contributed by atoms with Gasteiger partial charge in [0.1, 0.15) is 5.54 Å². The van der Waals surface area contributed by atoms with Crippen molar-refractivity contribution in [2.24, 2.45) is 5.92 Å². The number of nitrogens with zero attached hydrogens (tertiary/aromatic N) is 2. The molecule has 0 bridgehead atoms. The number of rotatable bonds is 7. The number of nitriles is 1. The van der Waals surface area contributed by atoms with Crippen molar-refractivity contribution in [1.29, 1.82) is 5.26 Å². The Kier molecular flexibility index (Phi) is 4.84. The molecule has 0 aromatic heterocycles. The second kappa shape index (κ2) is 5.74. The van der Waals surface area contributed by atoms with Crippen molar-refractivity contribution in [3.63, 3.8) is 0 Å². The first-order valence-corrected chi connectivity index (χ1v) is 6.05. The van der Waals surface area contributed by atoms with Crippen molar-refractivity contribution in [1.82, 2.24) is 10.2 Å². The molecule has 0 heterocycles. The Morgan fingerprint density at radius 3 is 2.41 bits per heavy atom. The highest BCUT2D eigenvalue weighted by molar-refractivity contribution is 5.17. The van der Waals surface area contributed by atoms with Crippen LogP contribution in [0.25, 0.3) is 0 Å². The van der Waals surface area contributed by atoms with Gasteiger partial charge in [0.2, 0.25) is 0 Å². The summed E-state index contributed by atoms with van der Waals surface area (Å²) in [5, 5.41) is 12.7. The number of nitrogens with one attached hydrogen (secondary N) is 1. The minimum absolute atomic E-state index is 0.176. The Hall–Kier alpha value is -0.730. The van der Waals surface area contributed by atoms with E-state index in [0.717, 1.165) is 12.8 Å². The lowest BCUT2D eigenvalue weighted by atomic mass is 9.93. The van der Waals surface area contributed by atoms with Crippen LogP contribution in [0.15, 0.2) is 0 Å².